The summed E-state index contributed by atoms with van der Waals surface area (Å²) in [6.45, 7) is 16.6. The number of hydrogen-bond acceptors (Lipinski definition) is 0. The predicted octanol–water partition coefficient (Wildman–Crippen LogP) is 10.5. The second-order valence-corrected chi connectivity index (χ2v) is 14.2. The summed E-state index contributed by atoms with van der Waals surface area (Å²) >= 11 is 0. The molecule has 0 amide bonds. The molecule has 0 saturated carbocycles. The molecule has 2 aliphatic carbocycles. The van der Waals surface area contributed by atoms with Gasteiger partial charge in [0, 0.05) is 10.8 Å². The number of fused-ring (bicyclic) bond motifs is 9. The molecule has 0 N–H and O–H groups in total. The topological polar surface area (TPSA) is 0 Å². The van der Waals surface area contributed by atoms with Gasteiger partial charge in [0.15, 0.2) is 0 Å². The van der Waals surface area contributed by atoms with E-state index in [1.54, 1.807) is 0 Å². The van der Waals surface area contributed by atoms with Gasteiger partial charge in [-0.25, -0.2) is 0 Å². The van der Waals surface area contributed by atoms with Gasteiger partial charge >= 0.3 is 0 Å². The summed E-state index contributed by atoms with van der Waals surface area (Å²) in [5.41, 5.74) is 16.1. The van der Waals surface area contributed by atoms with Crippen LogP contribution < -0.4 is 0 Å². The molecule has 0 aliphatic heterocycles. The molecule has 0 heteroatoms. The van der Waals surface area contributed by atoms with Crippen molar-refractivity contribution in [2.75, 3.05) is 0 Å². The van der Waals surface area contributed by atoms with E-state index >= 15 is 0 Å². The van der Waals surface area contributed by atoms with E-state index in [2.05, 4.69) is 139 Å². The number of rotatable bonds is 3. The van der Waals surface area contributed by atoms with Gasteiger partial charge in [0.25, 0.3) is 0 Å². The predicted molar refractivity (Wildman–Crippen MR) is 172 cm³/mol. The third-order valence-corrected chi connectivity index (χ3v) is 9.90. The van der Waals surface area contributed by atoms with Crippen molar-refractivity contribution < 1.29 is 0 Å². The van der Waals surface area contributed by atoms with Crippen LogP contribution in [-0.4, -0.2) is 0 Å². The van der Waals surface area contributed by atoms with Crippen LogP contribution in [0.1, 0.15) is 87.4 Å². The van der Waals surface area contributed by atoms with Crippen LogP contribution in [0.5, 0.6) is 0 Å². The minimum Gasteiger partial charge on any atom is -0.0616 e. The van der Waals surface area contributed by atoms with Gasteiger partial charge in [-0.15, -0.1) is 0 Å². The zero-order chi connectivity index (χ0) is 28.0. The van der Waals surface area contributed by atoms with Gasteiger partial charge in [-0.1, -0.05) is 139 Å². The smallest absolute Gasteiger partial charge is 0.0162 e. The quantitative estimate of drug-likeness (QED) is 0.222. The van der Waals surface area contributed by atoms with Crippen LogP contribution >= 0.6 is 0 Å². The zero-order valence-electron chi connectivity index (χ0n) is 25.1. The number of aryl methyl sites for hydroxylation is 2. The minimum absolute atomic E-state index is 0.0403. The molecule has 40 heavy (non-hydrogen) atoms. The van der Waals surface area contributed by atoms with Crippen molar-refractivity contribution in [1.29, 1.82) is 0 Å². The molecular weight excluding hydrogens is 480 g/mol. The zero-order valence-corrected chi connectivity index (χ0v) is 25.1. The second kappa shape index (κ2) is 8.43. The average molecular weight is 521 g/mol. The maximum absolute atomic E-state index is 2.51. The lowest BCUT2D eigenvalue weighted by Crippen LogP contribution is -2.24. The third kappa shape index (κ3) is 3.58. The van der Waals surface area contributed by atoms with E-state index in [0.29, 0.717) is 0 Å². The van der Waals surface area contributed by atoms with Crippen LogP contribution in [0.2, 0.25) is 0 Å². The van der Waals surface area contributed by atoms with E-state index in [0.717, 1.165) is 12.8 Å². The average Bonchev–Trinajstić information content (AvgIpc) is 3.31. The fraction of sp³-hybridized carbons (Fsp3) is 0.300. The van der Waals surface area contributed by atoms with E-state index in [-0.39, 0.29) is 16.2 Å². The molecular formula is C40H40. The molecule has 0 aromatic heterocycles. The molecule has 0 unspecified atom stereocenters. The maximum atomic E-state index is 2.51. The highest BCUT2D eigenvalue weighted by Crippen LogP contribution is 2.60. The van der Waals surface area contributed by atoms with Crippen LogP contribution in [0.15, 0.2) is 91.0 Å². The van der Waals surface area contributed by atoms with Gasteiger partial charge in [0.2, 0.25) is 0 Å². The summed E-state index contributed by atoms with van der Waals surface area (Å²) in [6, 6.07) is 34.9. The first-order valence-electron chi connectivity index (χ1n) is 14.9. The van der Waals surface area contributed by atoms with Crippen molar-refractivity contribution in [3.63, 3.8) is 0 Å². The normalized spacial score (nSPS) is 16.0. The number of benzene rings is 5. The van der Waals surface area contributed by atoms with Crippen molar-refractivity contribution in [2.45, 2.75) is 77.6 Å². The van der Waals surface area contributed by atoms with Gasteiger partial charge in [0.05, 0.1) is 0 Å². The summed E-state index contributed by atoms with van der Waals surface area (Å²) in [6.07, 6.45) is 2.14. The van der Waals surface area contributed by atoms with E-state index < -0.39 is 0 Å². The highest BCUT2D eigenvalue weighted by molar-refractivity contribution is 6.04. The Hall–Kier alpha value is -3.64. The lowest BCUT2D eigenvalue weighted by molar-refractivity contribution is 0.590. The Morgan fingerprint density at radius 1 is 0.550 bits per heavy atom. The van der Waals surface area contributed by atoms with Crippen molar-refractivity contribution in [2.24, 2.45) is 0 Å². The largest absolute Gasteiger partial charge is 0.0616 e. The first kappa shape index (κ1) is 25.3. The summed E-state index contributed by atoms with van der Waals surface area (Å²) < 4.78 is 0. The lowest BCUT2D eigenvalue weighted by atomic mass is 9.72. The Balaban J connectivity index is 1.28. The fourth-order valence-electron chi connectivity index (χ4n) is 7.64. The van der Waals surface area contributed by atoms with E-state index in [4.69, 9.17) is 0 Å². The molecule has 5 aromatic rings. The minimum atomic E-state index is -0.0461. The Labute approximate surface area is 240 Å². The van der Waals surface area contributed by atoms with E-state index in [1.165, 1.54) is 72.0 Å². The Morgan fingerprint density at radius 3 is 1.90 bits per heavy atom. The summed E-state index contributed by atoms with van der Waals surface area (Å²) in [5.74, 6) is 0. The summed E-state index contributed by atoms with van der Waals surface area (Å²) in [5, 5.41) is 2.70. The van der Waals surface area contributed by atoms with E-state index in [9.17, 15) is 0 Å². The van der Waals surface area contributed by atoms with Crippen molar-refractivity contribution >= 4 is 10.8 Å². The molecule has 0 atom stereocenters. The molecule has 5 aromatic carbocycles. The summed E-state index contributed by atoms with van der Waals surface area (Å²) in [4.78, 5) is 0. The fourth-order valence-corrected chi connectivity index (χ4v) is 7.64. The maximum Gasteiger partial charge on any atom is 0.0162 e. The standard InChI is InChI=1S/C40H40/c1-38(2,3)28-18-14-25(15-19-28)12-13-26-16-20-30-31-21-22-32-35-29-11-9-8-10-27(29)17-23-33(35)39(4,5)37(32)36(31)40(6,7)34(30)24-26/h8-11,14-24H,12-13H2,1-7H3. The Kier molecular flexibility index (Phi) is 5.34. The second-order valence-electron chi connectivity index (χ2n) is 14.2. The summed E-state index contributed by atoms with van der Waals surface area (Å²) in [7, 11) is 0. The molecule has 0 bridgehead atoms. The van der Waals surface area contributed by atoms with E-state index in [1.807, 2.05) is 0 Å². The van der Waals surface area contributed by atoms with Crippen LogP contribution in [0.3, 0.4) is 0 Å². The molecule has 0 heterocycles. The van der Waals surface area contributed by atoms with Gasteiger partial charge in [-0.05, 0) is 90.2 Å². The monoisotopic (exact) mass is 520 g/mol. The van der Waals surface area contributed by atoms with Crippen LogP contribution in [-0.2, 0) is 29.1 Å². The van der Waals surface area contributed by atoms with Gasteiger partial charge < -0.3 is 0 Å². The first-order valence-corrected chi connectivity index (χ1v) is 14.9. The van der Waals surface area contributed by atoms with Crippen LogP contribution in [0, 0.1) is 0 Å². The molecule has 0 fully saturated rings. The van der Waals surface area contributed by atoms with Crippen LogP contribution in [0.4, 0.5) is 0 Å². The van der Waals surface area contributed by atoms with Crippen molar-refractivity contribution in [1.82, 2.24) is 0 Å². The SMILES string of the molecule is CC(C)(C)c1ccc(CCc2ccc3c(c2)C(C)(C)c2c-3ccc3c2C(C)(C)c2ccc4ccccc4c2-3)cc1. The third-order valence-electron chi connectivity index (χ3n) is 9.90. The lowest BCUT2D eigenvalue weighted by Gasteiger charge is -2.30. The van der Waals surface area contributed by atoms with Gasteiger partial charge in [0.1, 0.15) is 0 Å². The molecule has 200 valence electrons. The molecule has 0 radical (unpaired) electrons. The molecule has 0 nitrogen and oxygen atoms in total. The molecule has 0 saturated heterocycles. The van der Waals surface area contributed by atoms with Crippen LogP contribution in [0.25, 0.3) is 33.0 Å². The molecule has 0 spiro atoms. The van der Waals surface area contributed by atoms with Crippen molar-refractivity contribution in [3.05, 3.63) is 130 Å². The number of hydrogen-bond donors (Lipinski definition) is 0. The first-order chi connectivity index (χ1) is 19.0. The van der Waals surface area contributed by atoms with Gasteiger partial charge in [-0.3, -0.25) is 0 Å². The Bertz CT molecular complexity index is 1800. The Morgan fingerprint density at radius 2 is 1.15 bits per heavy atom. The highest BCUT2D eigenvalue weighted by atomic mass is 14.5. The molecule has 2 aliphatic rings. The van der Waals surface area contributed by atoms with Crippen molar-refractivity contribution in [3.8, 4) is 22.3 Å². The molecule has 7 rings (SSSR count). The highest BCUT2D eigenvalue weighted by Gasteiger charge is 2.46. The van der Waals surface area contributed by atoms with Gasteiger partial charge in [-0.2, -0.15) is 0 Å².